The predicted molar refractivity (Wildman–Crippen MR) is 107 cm³/mol. The zero-order valence-electron chi connectivity index (χ0n) is 15.3. The van der Waals surface area contributed by atoms with Crippen LogP contribution in [0.5, 0.6) is 17.2 Å². The highest BCUT2D eigenvalue weighted by atomic mass is 35.5. The van der Waals surface area contributed by atoms with E-state index in [9.17, 15) is 9.90 Å². The Morgan fingerprint density at radius 1 is 1.19 bits per heavy atom. The summed E-state index contributed by atoms with van der Waals surface area (Å²) >= 11 is 12.9. The van der Waals surface area contributed by atoms with Gasteiger partial charge < -0.3 is 19.1 Å². The summed E-state index contributed by atoms with van der Waals surface area (Å²) < 4.78 is 12.4. The molecule has 0 saturated heterocycles. The van der Waals surface area contributed by atoms with Crippen LogP contribution in [0.4, 0.5) is 0 Å². The maximum absolute atomic E-state index is 11.9. The molecule has 27 heavy (non-hydrogen) atoms. The lowest BCUT2D eigenvalue weighted by Crippen LogP contribution is -2.06. The minimum atomic E-state index is -0.469. The van der Waals surface area contributed by atoms with E-state index in [4.69, 9.17) is 32.7 Å². The van der Waals surface area contributed by atoms with E-state index in [2.05, 4.69) is 0 Å². The lowest BCUT2D eigenvalue weighted by molar-refractivity contribution is 0.0590. The van der Waals surface area contributed by atoms with E-state index in [0.29, 0.717) is 32.4 Å². The first-order valence-corrected chi connectivity index (χ1v) is 9.06. The van der Waals surface area contributed by atoms with Crippen LogP contribution in [0.2, 0.25) is 10.0 Å². The second-order valence-corrected chi connectivity index (χ2v) is 7.28. The molecule has 0 fully saturated rings. The lowest BCUT2D eigenvalue weighted by atomic mass is 10.0. The summed E-state index contributed by atoms with van der Waals surface area (Å²) in [7, 11) is 3.05. The Morgan fingerprint density at radius 3 is 2.52 bits per heavy atom. The molecule has 0 radical (unpaired) electrons. The van der Waals surface area contributed by atoms with E-state index < -0.39 is 5.97 Å². The molecule has 0 atom stereocenters. The van der Waals surface area contributed by atoms with Gasteiger partial charge in [0.05, 0.1) is 22.7 Å². The molecule has 3 rings (SSSR count). The van der Waals surface area contributed by atoms with Gasteiger partial charge >= 0.3 is 5.97 Å². The van der Waals surface area contributed by atoms with Gasteiger partial charge in [-0.3, -0.25) is 0 Å². The molecule has 3 aromatic rings. The minimum absolute atomic E-state index is 0.124. The Hall–Kier alpha value is -2.37. The van der Waals surface area contributed by atoms with Gasteiger partial charge in [-0.2, -0.15) is 0 Å². The number of rotatable bonds is 4. The number of hydrogen-bond donors (Lipinski definition) is 1. The van der Waals surface area contributed by atoms with Gasteiger partial charge in [0.25, 0.3) is 0 Å². The van der Waals surface area contributed by atoms with Crippen LogP contribution in [-0.2, 0) is 11.8 Å². The molecule has 1 heterocycles. The van der Waals surface area contributed by atoms with Crippen LogP contribution in [-0.4, -0.2) is 22.8 Å². The van der Waals surface area contributed by atoms with Crippen molar-refractivity contribution in [2.24, 2.45) is 7.05 Å². The molecule has 142 valence electrons. The Bertz CT molecular complexity index is 1040. The predicted octanol–water partition coefficient (Wildman–Crippen LogP) is 5.89. The molecular formula is C20H19Cl2NO4. The smallest absolute Gasteiger partial charge is 0.354 e. The maximum Gasteiger partial charge on any atom is 0.354 e. The molecule has 0 aliphatic rings. The number of nitrogens with zero attached hydrogens (tertiary/aromatic N) is 1. The van der Waals surface area contributed by atoms with Crippen molar-refractivity contribution in [2.75, 3.05) is 7.11 Å². The van der Waals surface area contributed by atoms with Crippen molar-refractivity contribution in [3.8, 4) is 17.2 Å². The number of carbonyl (C=O) groups is 1. The summed E-state index contributed by atoms with van der Waals surface area (Å²) in [5.41, 5.74) is 1.80. The van der Waals surface area contributed by atoms with E-state index in [0.717, 1.165) is 5.56 Å². The Morgan fingerprint density at radius 2 is 1.89 bits per heavy atom. The number of ether oxygens (including phenoxy) is 2. The summed E-state index contributed by atoms with van der Waals surface area (Å²) in [6, 6.07) is 8.30. The minimum Gasteiger partial charge on any atom is -0.508 e. The van der Waals surface area contributed by atoms with Crippen LogP contribution in [0.15, 0.2) is 30.3 Å². The molecule has 0 saturated carbocycles. The fourth-order valence-corrected chi connectivity index (χ4v) is 3.53. The van der Waals surface area contributed by atoms with Crippen molar-refractivity contribution in [3.63, 3.8) is 0 Å². The van der Waals surface area contributed by atoms with E-state index in [1.807, 2.05) is 13.8 Å². The fraction of sp³-hybridized carbons (Fsp3) is 0.250. The van der Waals surface area contributed by atoms with Crippen LogP contribution >= 0.6 is 23.2 Å². The maximum atomic E-state index is 11.9. The Kier molecular flexibility index (Phi) is 5.27. The van der Waals surface area contributed by atoms with Crippen LogP contribution in [0.25, 0.3) is 10.9 Å². The molecule has 0 aliphatic heterocycles. The summed E-state index contributed by atoms with van der Waals surface area (Å²) in [5.74, 6) is 0.648. The summed E-state index contributed by atoms with van der Waals surface area (Å²) in [5, 5.41) is 11.2. The van der Waals surface area contributed by atoms with Gasteiger partial charge in [-0.15, -0.1) is 0 Å². The van der Waals surface area contributed by atoms with Crippen molar-refractivity contribution in [1.82, 2.24) is 4.57 Å². The van der Waals surface area contributed by atoms with Gasteiger partial charge in [0.1, 0.15) is 17.2 Å². The number of benzene rings is 2. The molecular weight excluding hydrogens is 389 g/mol. The van der Waals surface area contributed by atoms with Gasteiger partial charge in [-0.05, 0) is 36.2 Å². The number of halogens is 2. The van der Waals surface area contributed by atoms with Crippen molar-refractivity contribution in [2.45, 2.75) is 19.8 Å². The van der Waals surface area contributed by atoms with Crippen molar-refractivity contribution in [3.05, 3.63) is 51.6 Å². The second kappa shape index (κ2) is 7.33. The highest BCUT2D eigenvalue weighted by Gasteiger charge is 2.21. The first-order chi connectivity index (χ1) is 12.7. The van der Waals surface area contributed by atoms with Gasteiger partial charge in [0.2, 0.25) is 0 Å². The molecule has 1 N–H and O–H groups in total. The SMILES string of the molecule is COC(=O)c1cc2c(Cl)c(Oc3ccc(O)c(C(C)C)c3)c(Cl)cc2n1C. The van der Waals surface area contributed by atoms with Crippen molar-refractivity contribution in [1.29, 1.82) is 0 Å². The second-order valence-electron chi connectivity index (χ2n) is 6.49. The molecule has 0 spiro atoms. The number of phenols is 1. The third-order valence-electron chi connectivity index (χ3n) is 4.43. The molecule has 7 heteroatoms. The molecule has 1 aromatic heterocycles. The molecule has 2 aromatic carbocycles. The summed E-state index contributed by atoms with van der Waals surface area (Å²) in [6.45, 7) is 3.95. The first-order valence-electron chi connectivity index (χ1n) is 8.31. The van der Waals surface area contributed by atoms with Crippen LogP contribution in [0, 0.1) is 0 Å². The number of carbonyl (C=O) groups excluding carboxylic acids is 1. The molecule has 0 unspecified atom stereocenters. The van der Waals surface area contributed by atoms with Crippen LogP contribution in [0.3, 0.4) is 0 Å². The topological polar surface area (TPSA) is 60.7 Å². The summed E-state index contributed by atoms with van der Waals surface area (Å²) in [4.78, 5) is 11.9. The summed E-state index contributed by atoms with van der Waals surface area (Å²) in [6.07, 6.45) is 0. The zero-order valence-corrected chi connectivity index (χ0v) is 16.9. The number of aromatic nitrogens is 1. The average molecular weight is 408 g/mol. The quantitative estimate of drug-likeness (QED) is 0.547. The number of aromatic hydroxyl groups is 1. The van der Waals surface area contributed by atoms with Crippen LogP contribution in [0.1, 0.15) is 35.8 Å². The normalized spacial score (nSPS) is 11.2. The molecule has 0 amide bonds. The molecule has 0 aliphatic carbocycles. The third-order valence-corrected chi connectivity index (χ3v) is 5.09. The number of esters is 1. The first kappa shape index (κ1) is 19.4. The number of aryl methyl sites for hydroxylation is 1. The standard InChI is InChI=1S/C20H19Cl2NO4/c1-10(2)12-7-11(5-6-17(12)24)27-19-14(21)9-15-13(18(19)22)8-16(23(15)3)20(25)26-4/h5-10,24H,1-4H3. The third kappa shape index (κ3) is 3.45. The zero-order chi connectivity index (χ0) is 19.9. The van der Waals surface area contributed by atoms with Crippen molar-refractivity contribution >= 4 is 40.1 Å². The highest BCUT2D eigenvalue weighted by Crippen LogP contribution is 2.43. The monoisotopic (exact) mass is 407 g/mol. The number of methoxy groups -OCH3 is 1. The fourth-order valence-electron chi connectivity index (χ4n) is 2.95. The van der Waals surface area contributed by atoms with E-state index in [1.165, 1.54) is 7.11 Å². The van der Waals surface area contributed by atoms with Gasteiger partial charge in [-0.1, -0.05) is 37.0 Å². The Labute approximate surface area is 167 Å². The van der Waals surface area contributed by atoms with Gasteiger partial charge in [-0.25, -0.2) is 4.79 Å². The van der Waals surface area contributed by atoms with Gasteiger partial charge in [0.15, 0.2) is 5.75 Å². The largest absolute Gasteiger partial charge is 0.508 e. The van der Waals surface area contributed by atoms with Crippen LogP contribution < -0.4 is 4.74 Å². The average Bonchev–Trinajstić information content (AvgIpc) is 2.96. The molecule has 0 bridgehead atoms. The Balaban J connectivity index is 2.10. The number of fused-ring (bicyclic) bond motifs is 1. The van der Waals surface area contributed by atoms with Crippen molar-refractivity contribution < 1.29 is 19.4 Å². The van der Waals surface area contributed by atoms with E-state index >= 15 is 0 Å². The van der Waals surface area contributed by atoms with E-state index in [1.54, 1.807) is 41.9 Å². The van der Waals surface area contributed by atoms with Gasteiger partial charge in [0, 0.05) is 18.0 Å². The molecule has 5 nitrogen and oxygen atoms in total. The number of hydrogen-bond acceptors (Lipinski definition) is 4. The lowest BCUT2D eigenvalue weighted by Gasteiger charge is -2.14. The number of phenolic OH excluding ortho intramolecular Hbond substituents is 1. The van der Waals surface area contributed by atoms with E-state index in [-0.39, 0.29) is 17.4 Å². The highest BCUT2D eigenvalue weighted by molar-refractivity contribution is 6.41.